The van der Waals surface area contributed by atoms with E-state index in [2.05, 4.69) is 52.0 Å². The summed E-state index contributed by atoms with van der Waals surface area (Å²) in [4.78, 5) is 81.0. The monoisotopic (exact) mass is 1080 g/mol. The van der Waals surface area contributed by atoms with Crippen LogP contribution in [-0.2, 0) is 23.9 Å². The molecule has 3 amide bonds. The van der Waals surface area contributed by atoms with E-state index in [9.17, 15) is 47.7 Å². The van der Waals surface area contributed by atoms with E-state index in [1.165, 1.54) is 69.3 Å². The van der Waals surface area contributed by atoms with Gasteiger partial charge in [-0.25, -0.2) is 35.4 Å². The maximum atomic E-state index is 12.2. The smallest absolute Gasteiger partial charge is 0.430 e. The molecule has 9 rings (SSSR count). The number of rotatable bonds is 6. The number of carbonyl (C=O) groups is 5. The first-order chi connectivity index (χ1) is 33.0. The number of phenolic OH excluding ortho intramolecular Hbond substituents is 3. The second-order valence-electron chi connectivity index (χ2n) is 15.1. The molecule has 0 saturated heterocycles. The first-order valence-corrected chi connectivity index (χ1v) is 25.1. The number of aromatic hydroxyl groups is 3. The minimum atomic E-state index is -5.19. The fourth-order valence-electron chi connectivity index (χ4n) is 5.50. The third-order valence-corrected chi connectivity index (χ3v) is 15.2. The highest BCUT2D eigenvalue weighted by molar-refractivity contribution is 8.15. The summed E-state index contributed by atoms with van der Waals surface area (Å²) in [6.45, 7) is 5.20. The highest BCUT2D eigenvalue weighted by atomic mass is 32.2. The van der Waals surface area contributed by atoms with E-state index in [0.717, 1.165) is 40.7 Å². The number of ether oxygens (including phenoxy) is 1. The van der Waals surface area contributed by atoms with Gasteiger partial charge < -0.3 is 35.1 Å². The van der Waals surface area contributed by atoms with E-state index >= 15 is 0 Å². The van der Waals surface area contributed by atoms with Crippen molar-refractivity contribution in [3.8, 4) is 17.2 Å². The summed E-state index contributed by atoms with van der Waals surface area (Å²) in [6, 6.07) is 13.3. The number of carboxylic acids is 2. The molecular formula is C40H37F3N10O11S6. The Labute approximate surface area is 416 Å². The fourth-order valence-corrected chi connectivity index (χ4v) is 11.8. The van der Waals surface area contributed by atoms with Crippen molar-refractivity contribution in [3.63, 3.8) is 0 Å². The Balaban J connectivity index is 0.000000164. The van der Waals surface area contributed by atoms with Gasteiger partial charge in [-0.1, -0.05) is 0 Å². The van der Waals surface area contributed by atoms with Gasteiger partial charge in [0.25, 0.3) is 11.8 Å². The number of nitrogens with zero attached hydrogens (tertiary/aromatic N) is 6. The molecule has 3 aliphatic rings. The topological polar surface area (TPSA) is 338 Å². The molecule has 0 spiro atoms. The number of aromatic nitrogens is 3. The third kappa shape index (κ3) is 14.4. The van der Waals surface area contributed by atoms with Crippen LogP contribution in [0.25, 0.3) is 30.6 Å². The third-order valence-electron chi connectivity index (χ3n) is 8.60. The van der Waals surface area contributed by atoms with Gasteiger partial charge in [-0.2, -0.15) is 13.2 Å². The number of alkyl halides is 3. The number of quaternary nitrogens is 1. The molecule has 6 aromatic rings. The molecule has 3 aromatic carbocycles. The molecule has 3 aliphatic heterocycles. The van der Waals surface area contributed by atoms with Gasteiger partial charge in [0.1, 0.15) is 71.1 Å². The number of aliphatic imine (C=N–C) groups is 3. The van der Waals surface area contributed by atoms with Crippen LogP contribution in [0.4, 0.5) is 18.0 Å². The van der Waals surface area contributed by atoms with Crippen molar-refractivity contribution in [2.75, 3.05) is 17.3 Å². The van der Waals surface area contributed by atoms with Crippen LogP contribution < -0.4 is 27.2 Å². The average Bonchev–Trinajstić information content (AvgIpc) is 4.14. The number of fused-ring (bicyclic) bond motifs is 3. The minimum absolute atomic E-state index is 0.179. The maximum absolute atomic E-state index is 12.2. The summed E-state index contributed by atoms with van der Waals surface area (Å²) in [5.74, 6) is 0.954. The lowest BCUT2D eigenvalue weighted by molar-refractivity contribution is -0.427. The van der Waals surface area contributed by atoms with Gasteiger partial charge in [0.15, 0.2) is 6.04 Å². The summed E-state index contributed by atoms with van der Waals surface area (Å²) in [5.41, 5.74) is 8.62. The predicted molar refractivity (Wildman–Crippen MR) is 259 cm³/mol. The Hall–Kier alpha value is -6.31. The Bertz CT molecular complexity index is 3060. The lowest BCUT2D eigenvalue weighted by atomic mass is 10.2. The van der Waals surface area contributed by atoms with Gasteiger partial charge in [-0.3, -0.25) is 35.8 Å². The largest absolute Gasteiger partial charge is 0.542 e. The molecule has 10 N–H and O–H groups in total. The number of aliphatic carboxylic acids is 2. The van der Waals surface area contributed by atoms with Crippen LogP contribution in [0.2, 0.25) is 0 Å². The fraction of sp³-hybridized carbons (Fsp3) is 0.275. The molecule has 0 aliphatic carbocycles. The summed E-state index contributed by atoms with van der Waals surface area (Å²) in [7, 11) is 0. The molecule has 30 heteroatoms. The van der Waals surface area contributed by atoms with Crippen LogP contribution >= 0.6 is 69.3 Å². The van der Waals surface area contributed by atoms with Crippen molar-refractivity contribution >= 4 is 145 Å². The zero-order valence-electron chi connectivity index (χ0n) is 36.2. The number of carbonyl (C=O) groups excluding carboxylic acids is 4. The maximum Gasteiger partial charge on any atom is 0.430 e. The number of nitrogens with one attached hydrogen (secondary N) is 3. The molecular weight excluding hydrogens is 1050 g/mol. The van der Waals surface area contributed by atoms with Gasteiger partial charge in [-0.05, 0) is 75.4 Å². The van der Waals surface area contributed by atoms with Crippen LogP contribution in [-0.4, -0.2) is 128 Å². The molecule has 0 radical (unpaired) electrons. The number of carboxylic acid groups (broad SMARTS) is 2. The van der Waals surface area contributed by atoms with Crippen LogP contribution in [0, 0.1) is 0 Å². The van der Waals surface area contributed by atoms with Crippen LogP contribution in [0.1, 0.15) is 35.8 Å². The van der Waals surface area contributed by atoms with Gasteiger partial charge in [0.05, 0.1) is 30.6 Å². The number of hydrazine groups is 1. The van der Waals surface area contributed by atoms with Crippen molar-refractivity contribution in [2.45, 2.75) is 50.7 Å². The molecule has 70 heavy (non-hydrogen) atoms. The van der Waals surface area contributed by atoms with Gasteiger partial charge >= 0.3 is 18.2 Å². The lowest BCUT2D eigenvalue weighted by Crippen LogP contribution is -2.69. The van der Waals surface area contributed by atoms with Crippen molar-refractivity contribution < 1.29 is 73.3 Å². The molecule has 0 saturated carbocycles. The Morgan fingerprint density at radius 2 is 1.00 bits per heavy atom. The van der Waals surface area contributed by atoms with Gasteiger partial charge in [-0.15, -0.1) is 69.3 Å². The number of thioether (sulfide) groups is 3. The zero-order valence-corrected chi connectivity index (χ0v) is 41.1. The number of amides is 3. The summed E-state index contributed by atoms with van der Waals surface area (Å²) in [6.07, 6.45) is -5.92. The van der Waals surface area contributed by atoms with Gasteiger partial charge in [0.2, 0.25) is 0 Å². The van der Waals surface area contributed by atoms with Crippen LogP contribution in [0.3, 0.4) is 0 Å². The summed E-state index contributed by atoms with van der Waals surface area (Å²) >= 11 is 8.62. The van der Waals surface area contributed by atoms with Crippen molar-refractivity contribution in [3.05, 3.63) is 69.6 Å². The van der Waals surface area contributed by atoms with E-state index in [4.69, 9.17) is 19.7 Å². The van der Waals surface area contributed by atoms with E-state index in [-0.39, 0.29) is 23.2 Å². The summed E-state index contributed by atoms with van der Waals surface area (Å²) in [5, 5.41) is 50.3. The minimum Gasteiger partial charge on any atom is -0.542 e. The molecule has 0 bridgehead atoms. The van der Waals surface area contributed by atoms with E-state index in [1.807, 2.05) is 0 Å². The van der Waals surface area contributed by atoms with E-state index in [1.54, 1.807) is 75.4 Å². The van der Waals surface area contributed by atoms with Crippen molar-refractivity contribution in [2.24, 2.45) is 15.0 Å². The van der Waals surface area contributed by atoms with E-state index in [0.29, 0.717) is 37.4 Å². The Morgan fingerprint density at radius 1 is 0.643 bits per heavy atom. The SMILES string of the molecule is CC(C)(C)OC(=O)NNC(=O)[C@H]1CSC(c2nc3ccc(O)cc3s2)=N1.O=C(O)[C@H]1CSC(c2nc3ccc(O)cc3s2)=N1.O=C([O-])C(F)(F)F.[NH3+]NC(=O)[C@H]1CSC(c2nc3ccc(O)cc3s2)=N1. The molecule has 21 nitrogen and oxygen atoms in total. The normalized spacial score (nSPS) is 17.4. The molecule has 0 fully saturated rings. The first-order valence-electron chi connectivity index (χ1n) is 19.7. The Morgan fingerprint density at radius 3 is 1.33 bits per heavy atom. The van der Waals surface area contributed by atoms with Crippen LogP contribution in [0.5, 0.6) is 17.2 Å². The highest BCUT2D eigenvalue weighted by Gasteiger charge is 2.31. The number of benzene rings is 3. The number of hydrogen-bond acceptors (Lipinski definition) is 22. The van der Waals surface area contributed by atoms with Crippen molar-refractivity contribution in [1.82, 2.24) is 31.2 Å². The predicted octanol–water partition coefficient (Wildman–Crippen LogP) is 3.80. The second kappa shape index (κ2) is 22.6. The van der Waals surface area contributed by atoms with Crippen LogP contribution in [0.15, 0.2) is 69.6 Å². The number of hydrogen-bond donors (Lipinski definition) is 8. The number of phenols is 3. The molecule has 370 valence electrons. The molecule has 6 heterocycles. The highest BCUT2D eigenvalue weighted by Crippen LogP contribution is 2.34. The van der Waals surface area contributed by atoms with E-state index < -0.39 is 53.8 Å². The average molecular weight is 1080 g/mol. The standard InChI is InChI=1S/C16H18N4O4S2.C11H10N4O2S2.C11H8N2O3S2.C2HF3O2/c1-16(2,3)24-15(23)20-19-12(22)10-7-25-13(18-10)14-17-9-5-4-8(21)6-11(9)26-14;12-15-9(17)7-4-18-10(14-7)11-13-6-2-1-5(16)3-8(6)19-11;14-5-1-2-6-8(3-5)18-10(12-6)9-13-7(4-17-9)11(15)16;3-2(4,5)1(6)7/h4-6,10,21H,7H2,1-3H3,(H,19,22)(H,20,23);1-3,7,16H,4,12H2,(H,15,17);1-3,7,14H,4H2,(H,15,16);(H,6,7)/t10-;2*7-;/m111./s1. The number of halogens is 3. The zero-order chi connectivity index (χ0) is 51.1. The quantitative estimate of drug-likeness (QED) is 0.110. The van der Waals surface area contributed by atoms with Gasteiger partial charge in [0, 0.05) is 17.3 Å². The molecule has 0 unspecified atom stereocenters. The number of thiazole rings is 3. The van der Waals surface area contributed by atoms with Crippen molar-refractivity contribution in [1.29, 1.82) is 0 Å². The first kappa shape index (κ1) is 53.0. The summed E-state index contributed by atoms with van der Waals surface area (Å²) < 4.78 is 39.2. The molecule has 3 atom stereocenters. The molecule has 3 aromatic heterocycles. The Kier molecular flexibility index (Phi) is 17.1. The second-order valence-corrected chi connectivity index (χ2v) is 21.2. The lowest BCUT2D eigenvalue weighted by Gasteiger charge is -2.20.